The molecule has 2 aromatic heterocycles. The van der Waals surface area contributed by atoms with Gasteiger partial charge in [0.05, 0.1) is 21.2 Å². The van der Waals surface area contributed by atoms with Crippen molar-refractivity contribution in [2.24, 2.45) is 0 Å². The Morgan fingerprint density at radius 3 is 2.64 bits per heavy atom. The zero-order chi connectivity index (χ0) is 15.9. The smallest absolute Gasteiger partial charge is 0.284 e. The molecule has 0 saturated carbocycles. The first-order valence-corrected chi connectivity index (χ1v) is 6.79. The predicted molar refractivity (Wildman–Crippen MR) is 82.0 cm³/mol. The van der Waals surface area contributed by atoms with Crippen molar-refractivity contribution < 1.29 is 4.92 Å². The third-order valence-corrected chi connectivity index (χ3v) is 3.85. The van der Waals surface area contributed by atoms with Gasteiger partial charge in [-0.2, -0.15) is 5.26 Å². The topological polar surface area (TPSA) is 84.2 Å². The molecule has 0 bridgehead atoms. The number of pyridine rings is 1. The zero-order valence-corrected chi connectivity index (χ0v) is 12.3. The lowest BCUT2D eigenvalue weighted by Crippen LogP contribution is -1.94. The number of nitro groups is 1. The third kappa shape index (κ3) is 2.26. The number of nitrogens with zero attached hydrogens (tertiary/aromatic N) is 4. The van der Waals surface area contributed by atoms with Gasteiger partial charge < -0.3 is 0 Å². The Morgan fingerprint density at radius 1 is 1.23 bits per heavy atom. The number of hydrogen-bond donors (Lipinski definition) is 0. The van der Waals surface area contributed by atoms with Gasteiger partial charge >= 0.3 is 0 Å². The van der Waals surface area contributed by atoms with Gasteiger partial charge in [-0.05, 0) is 18.2 Å². The van der Waals surface area contributed by atoms with E-state index in [1.165, 1.54) is 22.7 Å². The second-order valence-corrected chi connectivity index (χ2v) is 5.24. The summed E-state index contributed by atoms with van der Waals surface area (Å²) in [5.74, 6) is 0. The predicted octanol–water partition coefficient (Wildman–Crippen LogP) is 4.09. The van der Waals surface area contributed by atoms with Crippen molar-refractivity contribution in [2.45, 2.75) is 0 Å². The Hall–Kier alpha value is -2.62. The molecule has 0 radical (unpaired) electrons. The van der Waals surface area contributed by atoms with Crippen molar-refractivity contribution >= 4 is 34.5 Å². The van der Waals surface area contributed by atoms with E-state index < -0.39 is 4.92 Å². The normalized spacial score (nSPS) is 10.6. The van der Waals surface area contributed by atoms with Gasteiger partial charge in [0.15, 0.2) is 5.69 Å². The van der Waals surface area contributed by atoms with E-state index in [-0.39, 0.29) is 11.4 Å². The molecule has 3 aromatic rings. The third-order valence-electron chi connectivity index (χ3n) is 3.11. The van der Waals surface area contributed by atoms with E-state index in [1.807, 2.05) is 6.07 Å². The number of benzene rings is 1. The standard InChI is InChI=1S/C14H6Cl2N4O2/c15-10-3-1-8(5-11(10)16)14-12(6-17)19-7-9(20(21)22)2-4-13(19)18-14/h1-5,7H. The molecule has 0 spiro atoms. The van der Waals surface area contributed by atoms with Gasteiger partial charge in [0.2, 0.25) is 0 Å². The summed E-state index contributed by atoms with van der Waals surface area (Å²) in [5, 5.41) is 21.0. The molecule has 0 N–H and O–H groups in total. The largest absolute Gasteiger partial charge is 0.286 e. The van der Waals surface area contributed by atoms with Crippen LogP contribution in [-0.2, 0) is 0 Å². The Bertz CT molecular complexity index is 959. The van der Waals surface area contributed by atoms with E-state index in [0.29, 0.717) is 26.9 Å². The highest BCUT2D eigenvalue weighted by Gasteiger charge is 2.17. The summed E-state index contributed by atoms with van der Waals surface area (Å²) in [6.07, 6.45) is 1.27. The van der Waals surface area contributed by atoms with Crippen LogP contribution in [0.2, 0.25) is 10.0 Å². The van der Waals surface area contributed by atoms with Crippen LogP contribution in [-0.4, -0.2) is 14.3 Å². The monoisotopic (exact) mass is 332 g/mol. The van der Waals surface area contributed by atoms with Crippen molar-refractivity contribution in [2.75, 3.05) is 0 Å². The first-order chi connectivity index (χ1) is 10.5. The number of halogens is 2. The second-order valence-electron chi connectivity index (χ2n) is 4.42. The molecular weight excluding hydrogens is 327 g/mol. The van der Waals surface area contributed by atoms with Crippen LogP contribution in [0.15, 0.2) is 36.5 Å². The average molecular weight is 333 g/mol. The minimum Gasteiger partial charge on any atom is -0.284 e. The van der Waals surface area contributed by atoms with Crippen LogP contribution in [0.5, 0.6) is 0 Å². The molecule has 2 heterocycles. The summed E-state index contributed by atoms with van der Waals surface area (Å²) >= 11 is 11.9. The number of fused-ring (bicyclic) bond motifs is 1. The van der Waals surface area contributed by atoms with Crippen molar-refractivity contribution in [3.63, 3.8) is 0 Å². The van der Waals surface area contributed by atoms with Crippen LogP contribution < -0.4 is 0 Å². The lowest BCUT2D eigenvalue weighted by atomic mass is 10.1. The Kier molecular flexibility index (Phi) is 3.45. The van der Waals surface area contributed by atoms with Crippen LogP contribution in [0.25, 0.3) is 16.9 Å². The number of aromatic nitrogens is 2. The highest BCUT2D eigenvalue weighted by atomic mass is 35.5. The maximum atomic E-state index is 10.9. The minimum absolute atomic E-state index is 0.123. The van der Waals surface area contributed by atoms with Gasteiger partial charge in [0, 0.05) is 11.6 Å². The molecule has 6 nitrogen and oxygen atoms in total. The van der Waals surface area contributed by atoms with Crippen LogP contribution in [0.1, 0.15) is 5.69 Å². The molecule has 108 valence electrons. The highest BCUT2D eigenvalue weighted by molar-refractivity contribution is 6.42. The van der Waals surface area contributed by atoms with Crippen molar-refractivity contribution in [1.82, 2.24) is 9.38 Å². The maximum Gasteiger partial charge on any atom is 0.286 e. The Balaban J connectivity index is 2.28. The number of rotatable bonds is 2. The van der Waals surface area contributed by atoms with Crippen LogP contribution in [0.4, 0.5) is 5.69 Å². The molecule has 0 aliphatic carbocycles. The van der Waals surface area contributed by atoms with E-state index in [0.717, 1.165) is 0 Å². The molecule has 3 rings (SSSR count). The van der Waals surface area contributed by atoms with Gasteiger partial charge in [0.1, 0.15) is 17.4 Å². The first kappa shape index (κ1) is 14.3. The van der Waals surface area contributed by atoms with E-state index in [1.54, 1.807) is 18.2 Å². The number of imidazole rings is 1. The molecule has 0 atom stereocenters. The molecule has 0 aliphatic rings. The second kappa shape index (κ2) is 5.30. The molecule has 0 fully saturated rings. The maximum absolute atomic E-state index is 10.9. The SMILES string of the molecule is N#Cc1c(-c2ccc(Cl)c(Cl)c2)nc2ccc([N+](=O)[O-])cn12. The van der Waals surface area contributed by atoms with E-state index in [4.69, 9.17) is 23.2 Å². The molecule has 0 unspecified atom stereocenters. The molecular formula is C14H6Cl2N4O2. The number of hydrogen-bond acceptors (Lipinski definition) is 4. The van der Waals surface area contributed by atoms with Crippen molar-refractivity contribution in [3.8, 4) is 17.3 Å². The average Bonchev–Trinajstić information content (AvgIpc) is 2.87. The summed E-state index contributed by atoms with van der Waals surface area (Å²) in [6.45, 7) is 0. The molecule has 0 saturated heterocycles. The van der Waals surface area contributed by atoms with E-state index in [2.05, 4.69) is 4.98 Å². The molecule has 8 heteroatoms. The highest BCUT2D eigenvalue weighted by Crippen LogP contribution is 2.30. The Labute approximate surface area is 134 Å². The quantitative estimate of drug-likeness (QED) is 0.522. The van der Waals surface area contributed by atoms with Gasteiger partial charge in [-0.25, -0.2) is 4.98 Å². The summed E-state index contributed by atoms with van der Waals surface area (Å²) in [4.78, 5) is 14.7. The van der Waals surface area contributed by atoms with Gasteiger partial charge in [0.25, 0.3) is 5.69 Å². The lowest BCUT2D eigenvalue weighted by molar-refractivity contribution is -0.385. The molecule has 0 amide bonds. The summed E-state index contributed by atoms with van der Waals surface area (Å²) in [5.41, 5.74) is 1.50. The molecule has 22 heavy (non-hydrogen) atoms. The van der Waals surface area contributed by atoms with E-state index in [9.17, 15) is 15.4 Å². The molecule has 1 aromatic carbocycles. The fourth-order valence-electron chi connectivity index (χ4n) is 2.09. The minimum atomic E-state index is -0.528. The summed E-state index contributed by atoms with van der Waals surface area (Å²) in [7, 11) is 0. The van der Waals surface area contributed by atoms with Gasteiger partial charge in [-0.1, -0.05) is 29.3 Å². The van der Waals surface area contributed by atoms with Crippen molar-refractivity contribution in [1.29, 1.82) is 5.26 Å². The van der Waals surface area contributed by atoms with Crippen LogP contribution in [0.3, 0.4) is 0 Å². The Morgan fingerprint density at radius 2 is 2.00 bits per heavy atom. The van der Waals surface area contributed by atoms with Crippen LogP contribution >= 0.6 is 23.2 Å². The van der Waals surface area contributed by atoms with E-state index >= 15 is 0 Å². The van der Waals surface area contributed by atoms with Gasteiger partial charge in [-0.15, -0.1) is 0 Å². The number of nitriles is 1. The summed E-state index contributed by atoms with van der Waals surface area (Å²) in [6, 6.07) is 9.73. The molecule has 0 aliphatic heterocycles. The first-order valence-electron chi connectivity index (χ1n) is 6.03. The lowest BCUT2D eigenvalue weighted by Gasteiger charge is -2.00. The fraction of sp³-hybridized carbons (Fsp3) is 0. The zero-order valence-electron chi connectivity index (χ0n) is 10.8. The summed E-state index contributed by atoms with van der Waals surface area (Å²) < 4.78 is 1.38. The fourth-order valence-corrected chi connectivity index (χ4v) is 2.39. The van der Waals surface area contributed by atoms with Gasteiger partial charge in [-0.3, -0.25) is 14.5 Å². The van der Waals surface area contributed by atoms with Crippen LogP contribution in [0, 0.1) is 21.4 Å². The van der Waals surface area contributed by atoms with Crippen molar-refractivity contribution in [3.05, 3.63) is 62.4 Å².